The van der Waals surface area contributed by atoms with E-state index in [1.165, 1.54) is 12.8 Å². The van der Waals surface area contributed by atoms with Crippen molar-refractivity contribution in [2.24, 2.45) is 16.6 Å². The molecule has 3 N–H and O–H groups in total. The van der Waals surface area contributed by atoms with Gasteiger partial charge >= 0.3 is 6.09 Å². The van der Waals surface area contributed by atoms with Gasteiger partial charge in [0.05, 0.1) is 0 Å². The van der Waals surface area contributed by atoms with Gasteiger partial charge in [-0.25, -0.2) is 9.79 Å². The number of nitrogens with zero attached hydrogens (tertiary/aromatic N) is 3. The van der Waals surface area contributed by atoms with Crippen LogP contribution in [0.3, 0.4) is 0 Å². The van der Waals surface area contributed by atoms with E-state index < -0.39 is 11.5 Å². The molecule has 2 amide bonds. The quantitative estimate of drug-likeness (QED) is 0.292. The van der Waals surface area contributed by atoms with Crippen LogP contribution < -0.4 is 11.1 Å². The standard InChI is InChI=1S/C23H37N5O4.HI/c1-5-25-21(26-14-18-8-9-19(31-18)20(24)29)27-12-10-17(11-13-27)28(15-16-6-7-16)22(30)32-23(2,3)4;/h8-9,16-17H,5-7,10-15H2,1-4H3,(H2,24,29)(H,25,26);1H. The number of furan rings is 1. The number of carbonyl (C=O) groups is 2. The average molecular weight is 575 g/mol. The van der Waals surface area contributed by atoms with Gasteiger partial charge in [0.25, 0.3) is 5.91 Å². The van der Waals surface area contributed by atoms with Crippen LogP contribution in [0.4, 0.5) is 4.79 Å². The molecule has 2 aliphatic rings. The van der Waals surface area contributed by atoms with Crippen LogP contribution in [0.1, 0.15) is 69.7 Å². The lowest BCUT2D eigenvalue weighted by molar-refractivity contribution is 0.00927. The summed E-state index contributed by atoms with van der Waals surface area (Å²) in [6, 6.07) is 3.46. The molecule has 1 aromatic rings. The second-order valence-corrected chi connectivity index (χ2v) is 9.59. The summed E-state index contributed by atoms with van der Waals surface area (Å²) in [5, 5.41) is 3.33. The molecule has 0 spiro atoms. The van der Waals surface area contributed by atoms with Crippen LogP contribution in [0, 0.1) is 5.92 Å². The molecule has 1 saturated heterocycles. The van der Waals surface area contributed by atoms with E-state index in [1.807, 2.05) is 32.6 Å². The number of primary amides is 1. The Labute approximate surface area is 213 Å². The van der Waals surface area contributed by atoms with E-state index in [0.29, 0.717) is 18.2 Å². The molecule has 10 heteroatoms. The van der Waals surface area contributed by atoms with E-state index in [9.17, 15) is 9.59 Å². The van der Waals surface area contributed by atoms with Crippen molar-refractivity contribution in [3.63, 3.8) is 0 Å². The zero-order valence-corrected chi connectivity index (χ0v) is 22.5. The van der Waals surface area contributed by atoms with Gasteiger partial charge in [-0.1, -0.05) is 0 Å². The molecule has 2 fully saturated rings. The third kappa shape index (κ3) is 8.38. The monoisotopic (exact) mass is 575 g/mol. The number of carbonyl (C=O) groups excluding carboxylic acids is 2. The molecule has 1 aliphatic carbocycles. The Morgan fingerprint density at radius 2 is 1.91 bits per heavy atom. The first-order chi connectivity index (χ1) is 15.2. The van der Waals surface area contributed by atoms with Gasteiger partial charge in [0.2, 0.25) is 0 Å². The van der Waals surface area contributed by atoms with E-state index >= 15 is 0 Å². The first-order valence-electron chi connectivity index (χ1n) is 11.6. The summed E-state index contributed by atoms with van der Waals surface area (Å²) < 4.78 is 11.1. The number of amides is 2. The number of rotatable bonds is 7. The van der Waals surface area contributed by atoms with Gasteiger partial charge in [-0.05, 0) is 71.4 Å². The summed E-state index contributed by atoms with van der Waals surface area (Å²) in [6.07, 6.45) is 3.91. The number of halogens is 1. The molecule has 33 heavy (non-hydrogen) atoms. The predicted molar refractivity (Wildman–Crippen MR) is 138 cm³/mol. The molecule has 0 radical (unpaired) electrons. The zero-order chi connectivity index (χ0) is 23.3. The second kappa shape index (κ2) is 11.9. The van der Waals surface area contributed by atoms with Crippen LogP contribution in [0.2, 0.25) is 0 Å². The van der Waals surface area contributed by atoms with E-state index in [2.05, 4.69) is 15.2 Å². The molecular weight excluding hydrogens is 537 g/mol. The van der Waals surface area contributed by atoms with Crippen molar-refractivity contribution in [2.75, 3.05) is 26.2 Å². The van der Waals surface area contributed by atoms with Crippen LogP contribution in [0.5, 0.6) is 0 Å². The minimum atomic E-state index is -0.588. The van der Waals surface area contributed by atoms with Gasteiger partial charge in [-0.2, -0.15) is 0 Å². The van der Waals surface area contributed by atoms with Crippen molar-refractivity contribution in [3.05, 3.63) is 23.7 Å². The molecule has 3 rings (SSSR count). The summed E-state index contributed by atoms with van der Waals surface area (Å²) in [4.78, 5) is 32.9. The number of likely N-dealkylation sites (tertiary alicyclic amines) is 1. The van der Waals surface area contributed by atoms with Crippen LogP contribution in [-0.2, 0) is 11.3 Å². The van der Waals surface area contributed by atoms with Gasteiger partial charge in [-0.3, -0.25) is 4.79 Å². The third-order valence-electron chi connectivity index (χ3n) is 5.61. The van der Waals surface area contributed by atoms with Gasteiger partial charge in [-0.15, -0.1) is 24.0 Å². The number of ether oxygens (including phenoxy) is 1. The minimum Gasteiger partial charge on any atom is -0.454 e. The normalized spacial score (nSPS) is 17.3. The third-order valence-corrected chi connectivity index (χ3v) is 5.61. The Bertz CT molecular complexity index is 823. The molecular formula is C23H38IN5O4. The Balaban J connectivity index is 0.00000385. The molecule has 1 aliphatic heterocycles. The van der Waals surface area contributed by atoms with Crippen molar-refractivity contribution in [1.82, 2.24) is 15.1 Å². The van der Waals surface area contributed by atoms with E-state index in [4.69, 9.17) is 14.9 Å². The van der Waals surface area contributed by atoms with Crippen molar-refractivity contribution in [3.8, 4) is 0 Å². The van der Waals surface area contributed by atoms with Crippen molar-refractivity contribution in [2.45, 2.75) is 71.6 Å². The van der Waals surface area contributed by atoms with Gasteiger partial charge in [0, 0.05) is 32.2 Å². The van der Waals surface area contributed by atoms with Crippen LogP contribution in [-0.4, -0.2) is 65.6 Å². The zero-order valence-electron chi connectivity index (χ0n) is 20.1. The highest BCUT2D eigenvalue weighted by Crippen LogP contribution is 2.32. The summed E-state index contributed by atoms with van der Waals surface area (Å²) in [6.45, 7) is 11.2. The largest absolute Gasteiger partial charge is 0.454 e. The molecule has 186 valence electrons. The fraction of sp³-hybridized carbons (Fsp3) is 0.696. The number of hydrogen-bond donors (Lipinski definition) is 2. The lowest BCUT2D eigenvalue weighted by Crippen LogP contribution is -2.52. The SMILES string of the molecule is CCNC(=NCc1ccc(C(N)=O)o1)N1CCC(N(CC2CC2)C(=O)OC(C)(C)C)CC1.I. The molecule has 9 nitrogen and oxygen atoms in total. The minimum absolute atomic E-state index is 0. The van der Waals surface area contributed by atoms with E-state index in [-0.39, 0.29) is 41.9 Å². The van der Waals surface area contributed by atoms with Crippen molar-refractivity contribution >= 4 is 41.9 Å². The number of piperidine rings is 1. The fourth-order valence-electron chi connectivity index (χ4n) is 3.84. The summed E-state index contributed by atoms with van der Waals surface area (Å²) in [5.74, 6) is 1.55. The molecule has 0 bridgehead atoms. The lowest BCUT2D eigenvalue weighted by atomic mass is 10.0. The molecule has 0 unspecified atom stereocenters. The Hall–Kier alpha value is -1.98. The second-order valence-electron chi connectivity index (χ2n) is 9.59. The smallest absolute Gasteiger partial charge is 0.410 e. The van der Waals surface area contributed by atoms with Gasteiger partial charge < -0.3 is 30.0 Å². The lowest BCUT2D eigenvalue weighted by Gasteiger charge is -2.40. The number of hydrogen-bond acceptors (Lipinski definition) is 5. The number of nitrogens with two attached hydrogens (primary N) is 1. The molecule has 2 heterocycles. The van der Waals surface area contributed by atoms with Crippen molar-refractivity contribution < 1.29 is 18.7 Å². The molecule has 0 aromatic carbocycles. The van der Waals surface area contributed by atoms with Gasteiger partial charge in [0.15, 0.2) is 11.7 Å². The van der Waals surface area contributed by atoms with Crippen molar-refractivity contribution in [1.29, 1.82) is 0 Å². The Kier molecular flexibility index (Phi) is 9.86. The Morgan fingerprint density at radius 1 is 1.24 bits per heavy atom. The van der Waals surface area contributed by atoms with E-state index in [0.717, 1.165) is 45.0 Å². The Morgan fingerprint density at radius 3 is 2.42 bits per heavy atom. The maximum atomic E-state index is 12.9. The highest BCUT2D eigenvalue weighted by Gasteiger charge is 2.35. The summed E-state index contributed by atoms with van der Waals surface area (Å²) in [7, 11) is 0. The fourth-order valence-corrected chi connectivity index (χ4v) is 3.84. The number of nitrogens with one attached hydrogen (secondary N) is 1. The van der Waals surface area contributed by atoms with E-state index in [1.54, 1.807) is 12.1 Å². The van der Waals surface area contributed by atoms with Crippen LogP contribution in [0.25, 0.3) is 0 Å². The first-order valence-corrected chi connectivity index (χ1v) is 11.6. The van der Waals surface area contributed by atoms with Crippen LogP contribution >= 0.6 is 24.0 Å². The molecule has 1 saturated carbocycles. The number of aliphatic imine (C=N–C) groups is 1. The maximum absolute atomic E-state index is 12.9. The predicted octanol–water partition coefficient (Wildman–Crippen LogP) is 3.57. The molecule has 0 atom stereocenters. The van der Waals surface area contributed by atoms with Crippen LogP contribution in [0.15, 0.2) is 21.5 Å². The van der Waals surface area contributed by atoms with Gasteiger partial charge in [0.1, 0.15) is 17.9 Å². The highest BCUT2D eigenvalue weighted by molar-refractivity contribution is 14.0. The highest BCUT2D eigenvalue weighted by atomic mass is 127. The first kappa shape index (κ1) is 27.3. The average Bonchev–Trinajstić information content (AvgIpc) is 3.42. The summed E-state index contributed by atoms with van der Waals surface area (Å²) >= 11 is 0. The summed E-state index contributed by atoms with van der Waals surface area (Å²) in [5.41, 5.74) is 4.75. The number of guanidine groups is 1. The maximum Gasteiger partial charge on any atom is 0.410 e. The topological polar surface area (TPSA) is 113 Å². The molecule has 1 aromatic heterocycles.